The summed E-state index contributed by atoms with van der Waals surface area (Å²) in [5.74, 6) is 0. The van der Waals surface area contributed by atoms with Gasteiger partial charge in [0.15, 0.2) is 0 Å². The van der Waals surface area contributed by atoms with Crippen LogP contribution in [0.15, 0.2) is 0 Å². The van der Waals surface area contributed by atoms with Crippen LogP contribution in [0.4, 0.5) is 0 Å². The SMILES string of the molecule is CC(C)O[C@H]1CCN(C)[C@H]1C. The zero-order chi connectivity index (χ0) is 8.43. The van der Waals surface area contributed by atoms with Gasteiger partial charge in [-0.05, 0) is 34.2 Å². The van der Waals surface area contributed by atoms with Crippen molar-refractivity contribution in [2.24, 2.45) is 0 Å². The van der Waals surface area contributed by atoms with Gasteiger partial charge in [0.25, 0.3) is 0 Å². The van der Waals surface area contributed by atoms with Gasteiger partial charge in [0.05, 0.1) is 12.2 Å². The maximum absolute atomic E-state index is 5.75. The van der Waals surface area contributed by atoms with Crippen molar-refractivity contribution >= 4 is 0 Å². The quantitative estimate of drug-likeness (QED) is 0.602. The Morgan fingerprint density at radius 1 is 1.45 bits per heavy atom. The molecule has 1 fully saturated rings. The Hall–Kier alpha value is -0.0800. The third-order valence-electron chi connectivity index (χ3n) is 2.45. The summed E-state index contributed by atoms with van der Waals surface area (Å²) in [5.41, 5.74) is 0. The summed E-state index contributed by atoms with van der Waals surface area (Å²) in [6.07, 6.45) is 2.02. The summed E-state index contributed by atoms with van der Waals surface area (Å²) in [7, 11) is 2.16. The van der Waals surface area contributed by atoms with Crippen LogP contribution < -0.4 is 0 Å². The first-order chi connectivity index (χ1) is 5.11. The number of likely N-dealkylation sites (tertiary alicyclic amines) is 1. The van der Waals surface area contributed by atoms with Crippen molar-refractivity contribution in [1.29, 1.82) is 0 Å². The van der Waals surface area contributed by atoms with Crippen LogP contribution >= 0.6 is 0 Å². The Balaban J connectivity index is 2.36. The molecule has 0 spiro atoms. The third kappa shape index (κ3) is 2.17. The lowest BCUT2D eigenvalue weighted by atomic mass is 10.2. The molecule has 11 heavy (non-hydrogen) atoms. The van der Waals surface area contributed by atoms with Gasteiger partial charge in [0, 0.05) is 12.6 Å². The molecule has 0 aromatic heterocycles. The summed E-state index contributed by atoms with van der Waals surface area (Å²) < 4.78 is 5.75. The standard InChI is InChI=1S/C9H19NO/c1-7(2)11-9-5-6-10(4)8(9)3/h7-9H,5-6H2,1-4H3/t8-,9-/m0/s1. The van der Waals surface area contributed by atoms with E-state index < -0.39 is 0 Å². The lowest BCUT2D eigenvalue weighted by Crippen LogP contribution is -2.32. The Morgan fingerprint density at radius 3 is 2.45 bits per heavy atom. The second-order valence-electron chi connectivity index (χ2n) is 3.73. The second kappa shape index (κ2) is 3.55. The lowest BCUT2D eigenvalue weighted by molar-refractivity contribution is -0.00500. The van der Waals surface area contributed by atoms with Crippen LogP contribution in [0.1, 0.15) is 27.2 Å². The van der Waals surface area contributed by atoms with Gasteiger partial charge in [0.1, 0.15) is 0 Å². The molecule has 66 valence electrons. The minimum absolute atomic E-state index is 0.369. The Morgan fingerprint density at radius 2 is 2.09 bits per heavy atom. The van der Waals surface area contributed by atoms with Crippen LogP contribution in [-0.2, 0) is 4.74 Å². The molecule has 0 N–H and O–H groups in total. The number of rotatable bonds is 2. The van der Waals surface area contributed by atoms with E-state index in [4.69, 9.17) is 4.74 Å². The first-order valence-corrected chi connectivity index (χ1v) is 4.47. The van der Waals surface area contributed by atoms with E-state index in [9.17, 15) is 0 Å². The van der Waals surface area contributed by atoms with E-state index in [1.54, 1.807) is 0 Å². The van der Waals surface area contributed by atoms with Gasteiger partial charge in [0.2, 0.25) is 0 Å². The van der Waals surface area contributed by atoms with Gasteiger partial charge >= 0.3 is 0 Å². The normalized spacial score (nSPS) is 33.5. The molecule has 0 amide bonds. The third-order valence-corrected chi connectivity index (χ3v) is 2.45. The van der Waals surface area contributed by atoms with Crippen molar-refractivity contribution < 1.29 is 4.74 Å². The lowest BCUT2D eigenvalue weighted by Gasteiger charge is -2.22. The molecular formula is C9H19NO. The largest absolute Gasteiger partial charge is 0.374 e. The molecule has 0 aliphatic carbocycles. The molecule has 0 saturated carbocycles. The Labute approximate surface area is 69.5 Å². The molecule has 1 aliphatic rings. The van der Waals surface area contributed by atoms with Gasteiger partial charge in [-0.3, -0.25) is 0 Å². The van der Waals surface area contributed by atoms with Crippen molar-refractivity contribution in [3.05, 3.63) is 0 Å². The van der Waals surface area contributed by atoms with Crippen LogP contribution in [0.2, 0.25) is 0 Å². The second-order valence-corrected chi connectivity index (χ2v) is 3.73. The summed E-state index contributed by atoms with van der Waals surface area (Å²) >= 11 is 0. The topological polar surface area (TPSA) is 12.5 Å². The summed E-state index contributed by atoms with van der Waals surface area (Å²) in [5, 5.41) is 0. The molecule has 0 unspecified atom stereocenters. The Bertz CT molecular complexity index is 125. The Kier molecular flexibility index (Phi) is 2.90. The number of hydrogen-bond acceptors (Lipinski definition) is 2. The highest BCUT2D eigenvalue weighted by Gasteiger charge is 2.28. The fraction of sp³-hybridized carbons (Fsp3) is 1.00. The van der Waals surface area contributed by atoms with Crippen molar-refractivity contribution in [3.8, 4) is 0 Å². The van der Waals surface area contributed by atoms with E-state index in [0.29, 0.717) is 18.2 Å². The molecule has 2 heteroatoms. The minimum Gasteiger partial charge on any atom is -0.374 e. The molecule has 0 bridgehead atoms. The average Bonchev–Trinajstić information content (AvgIpc) is 2.18. The zero-order valence-corrected chi connectivity index (χ0v) is 8.00. The summed E-state index contributed by atoms with van der Waals surface area (Å²) in [4.78, 5) is 2.35. The van der Waals surface area contributed by atoms with Crippen LogP contribution in [0.5, 0.6) is 0 Å². The number of nitrogens with zero attached hydrogens (tertiary/aromatic N) is 1. The molecule has 0 aromatic rings. The van der Waals surface area contributed by atoms with Crippen LogP contribution in [0, 0.1) is 0 Å². The molecule has 1 saturated heterocycles. The predicted octanol–water partition coefficient (Wildman–Crippen LogP) is 1.50. The van der Waals surface area contributed by atoms with Crippen molar-refractivity contribution in [1.82, 2.24) is 4.90 Å². The molecular weight excluding hydrogens is 138 g/mol. The van der Waals surface area contributed by atoms with Gasteiger partial charge < -0.3 is 9.64 Å². The van der Waals surface area contributed by atoms with E-state index >= 15 is 0 Å². The summed E-state index contributed by atoms with van der Waals surface area (Å²) in [6.45, 7) is 7.62. The highest BCUT2D eigenvalue weighted by Crippen LogP contribution is 2.19. The van der Waals surface area contributed by atoms with E-state index in [-0.39, 0.29) is 0 Å². The molecule has 2 nitrogen and oxygen atoms in total. The number of likely N-dealkylation sites (N-methyl/N-ethyl adjacent to an activating group) is 1. The first-order valence-electron chi connectivity index (χ1n) is 4.47. The monoisotopic (exact) mass is 157 g/mol. The first kappa shape index (κ1) is 9.01. The van der Waals surface area contributed by atoms with E-state index in [0.717, 1.165) is 0 Å². The molecule has 0 radical (unpaired) electrons. The van der Waals surface area contributed by atoms with Gasteiger partial charge in [-0.25, -0.2) is 0 Å². The van der Waals surface area contributed by atoms with Crippen molar-refractivity contribution in [2.45, 2.75) is 45.4 Å². The van der Waals surface area contributed by atoms with E-state index in [1.165, 1.54) is 13.0 Å². The van der Waals surface area contributed by atoms with Crippen LogP contribution in [-0.4, -0.2) is 36.7 Å². The maximum atomic E-state index is 5.75. The summed E-state index contributed by atoms with van der Waals surface area (Å²) in [6, 6.07) is 0.595. The van der Waals surface area contributed by atoms with Crippen LogP contribution in [0.3, 0.4) is 0 Å². The van der Waals surface area contributed by atoms with Crippen molar-refractivity contribution in [3.63, 3.8) is 0 Å². The van der Waals surface area contributed by atoms with Crippen molar-refractivity contribution in [2.75, 3.05) is 13.6 Å². The molecule has 2 atom stereocenters. The van der Waals surface area contributed by atoms with Crippen LogP contribution in [0.25, 0.3) is 0 Å². The van der Waals surface area contributed by atoms with E-state index in [1.807, 2.05) is 0 Å². The average molecular weight is 157 g/mol. The smallest absolute Gasteiger partial charge is 0.0743 e. The zero-order valence-electron chi connectivity index (χ0n) is 8.00. The highest BCUT2D eigenvalue weighted by atomic mass is 16.5. The molecule has 0 aromatic carbocycles. The fourth-order valence-corrected chi connectivity index (χ4v) is 1.59. The maximum Gasteiger partial charge on any atom is 0.0743 e. The van der Waals surface area contributed by atoms with Gasteiger partial charge in [-0.15, -0.1) is 0 Å². The molecule has 1 rings (SSSR count). The molecule has 1 heterocycles. The predicted molar refractivity (Wildman–Crippen MR) is 46.7 cm³/mol. The minimum atomic E-state index is 0.369. The number of ether oxygens (including phenoxy) is 1. The van der Waals surface area contributed by atoms with E-state index in [2.05, 4.69) is 32.7 Å². The fourth-order valence-electron chi connectivity index (χ4n) is 1.59. The number of hydrogen-bond donors (Lipinski definition) is 0. The van der Waals surface area contributed by atoms with Gasteiger partial charge in [-0.2, -0.15) is 0 Å². The molecule has 1 aliphatic heterocycles. The highest BCUT2D eigenvalue weighted by molar-refractivity contribution is 4.82. The van der Waals surface area contributed by atoms with Gasteiger partial charge in [-0.1, -0.05) is 0 Å².